The Morgan fingerprint density at radius 1 is 1.12 bits per heavy atom. The molecule has 0 radical (unpaired) electrons. The summed E-state index contributed by atoms with van der Waals surface area (Å²) >= 11 is 0. The summed E-state index contributed by atoms with van der Waals surface area (Å²) in [5.41, 5.74) is 0.813. The molecule has 1 heterocycles. The van der Waals surface area contributed by atoms with E-state index in [1.165, 1.54) is 14.2 Å². The first-order valence-corrected chi connectivity index (χ1v) is 8.12. The lowest BCUT2D eigenvalue weighted by Gasteiger charge is -2.39. The number of ether oxygens (including phenoxy) is 4. The molecule has 9 nitrogen and oxygen atoms in total. The van der Waals surface area contributed by atoms with Crippen molar-refractivity contribution in [3.05, 3.63) is 23.8 Å². The number of methoxy groups -OCH3 is 2. The molecule has 5 unspecified atom stereocenters. The minimum atomic E-state index is -1.53. The molecule has 0 saturated carbocycles. The Morgan fingerprint density at radius 3 is 2.46 bits per heavy atom. The molecule has 1 aromatic rings. The van der Waals surface area contributed by atoms with Crippen molar-refractivity contribution in [3.63, 3.8) is 0 Å². The maximum absolute atomic E-state index is 11.2. The van der Waals surface area contributed by atoms with Gasteiger partial charge in [-0.1, -0.05) is 6.07 Å². The van der Waals surface area contributed by atoms with Crippen molar-refractivity contribution < 1.29 is 44.2 Å². The van der Waals surface area contributed by atoms with Gasteiger partial charge >= 0.3 is 5.97 Å². The lowest BCUT2D eigenvalue weighted by molar-refractivity contribution is -0.277. The van der Waals surface area contributed by atoms with E-state index in [1.807, 2.05) is 0 Å². The Kier molecular flexibility index (Phi) is 7.18. The molecule has 1 aliphatic heterocycles. The normalized spacial score (nSPS) is 28.5. The van der Waals surface area contributed by atoms with E-state index in [9.17, 15) is 25.2 Å². The standard InChI is InChI=1S/C17H24O9/c1-23-11-7-9(4-6-13(19)24-2)3-5-10(11)25-17-16(22)15(21)14(20)12(8-18)26-17/h3,5,7,12,14-18,20-22H,4,6,8H2,1-2H3. The monoisotopic (exact) mass is 372 g/mol. The predicted octanol–water partition coefficient (Wildman–Crippen LogP) is -1.02. The summed E-state index contributed by atoms with van der Waals surface area (Å²) in [7, 11) is 2.75. The van der Waals surface area contributed by atoms with Crippen LogP contribution < -0.4 is 9.47 Å². The van der Waals surface area contributed by atoms with Crippen molar-refractivity contribution >= 4 is 5.97 Å². The Morgan fingerprint density at radius 2 is 1.85 bits per heavy atom. The molecule has 0 amide bonds. The van der Waals surface area contributed by atoms with Crippen molar-refractivity contribution in [3.8, 4) is 11.5 Å². The van der Waals surface area contributed by atoms with E-state index in [2.05, 4.69) is 4.74 Å². The molecule has 1 aromatic carbocycles. The zero-order valence-corrected chi connectivity index (χ0v) is 14.6. The Hall–Kier alpha value is -1.91. The van der Waals surface area contributed by atoms with Gasteiger partial charge in [0.05, 0.1) is 20.8 Å². The van der Waals surface area contributed by atoms with Crippen molar-refractivity contribution in [2.24, 2.45) is 0 Å². The molecule has 0 spiro atoms. The highest BCUT2D eigenvalue weighted by molar-refractivity contribution is 5.69. The number of esters is 1. The van der Waals surface area contributed by atoms with Gasteiger partial charge in [0.2, 0.25) is 6.29 Å². The molecule has 0 bridgehead atoms. The molecule has 1 aliphatic rings. The maximum atomic E-state index is 11.2. The largest absolute Gasteiger partial charge is 0.493 e. The van der Waals surface area contributed by atoms with E-state index in [0.717, 1.165) is 5.56 Å². The third-order valence-corrected chi connectivity index (χ3v) is 4.17. The van der Waals surface area contributed by atoms with E-state index in [1.54, 1.807) is 18.2 Å². The molecule has 1 fully saturated rings. The van der Waals surface area contributed by atoms with E-state index >= 15 is 0 Å². The number of benzene rings is 1. The first kappa shape index (κ1) is 20.4. The Bertz CT molecular complexity index is 604. The molecular formula is C17H24O9. The van der Waals surface area contributed by atoms with Crippen LogP contribution in [0.2, 0.25) is 0 Å². The van der Waals surface area contributed by atoms with Gasteiger partial charge in [0, 0.05) is 6.42 Å². The van der Waals surface area contributed by atoms with Gasteiger partial charge in [-0.3, -0.25) is 4.79 Å². The van der Waals surface area contributed by atoms with Crippen LogP contribution in [-0.2, 0) is 20.7 Å². The second-order valence-electron chi connectivity index (χ2n) is 5.88. The molecule has 1 saturated heterocycles. The lowest BCUT2D eigenvalue weighted by Crippen LogP contribution is -2.60. The van der Waals surface area contributed by atoms with Crippen LogP contribution in [0.5, 0.6) is 11.5 Å². The van der Waals surface area contributed by atoms with Crippen molar-refractivity contribution in [2.45, 2.75) is 43.5 Å². The molecule has 2 rings (SSSR count). The van der Waals surface area contributed by atoms with Gasteiger partial charge in [0.1, 0.15) is 24.4 Å². The zero-order valence-electron chi connectivity index (χ0n) is 14.6. The van der Waals surface area contributed by atoms with Gasteiger partial charge in [0.15, 0.2) is 11.5 Å². The van der Waals surface area contributed by atoms with Crippen LogP contribution in [0, 0.1) is 0 Å². The van der Waals surface area contributed by atoms with Crippen LogP contribution in [0.4, 0.5) is 0 Å². The number of carbonyl (C=O) groups is 1. The van der Waals surface area contributed by atoms with Gasteiger partial charge in [-0.2, -0.15) is 0 Å². The van der Waals surface area contributed by atoms with E-state index < -0.39 is 37.3 Å². The van der Waals surface area contributed by atoms with Gasteiger partial charge in [0.25, 0.3) is 0 Å². The first-order valence-electron chi connectivity index (χ1n) is 8.12. The lowest BCUT2D eigenvalue weighted by atomic mass is 9.99. The van der Waals surface area contributed by atoms with E-state index in [-0.39, 0.29) is 18.1 Å². The fourth-order valence-electron chi connectivity index (χ4n) is 2.60. The van der Waals surface area contributed by atoms with Gasteiger partial charge in [-0.25, -0.2) is 0 Å². The molecular weight excluding hydrogens is 348 g/mol. The van der Waals surface area contributed by atoms with Crippen LogP contribution in [-0.4, -0.2) is 77.9 Å². The fraction of sp³-hybridized carbons (Fsp3) is 0.588. The number of carbonyl (C=O) groups excluding carboxylic acids is 1. The van der Waals surface area contributed by atoms with Gasteiger partial charge in [-0.05, 0) is 24.1 Å². The summed E-state index contributed by atoms with van der Waals surface area (Å²) in [5.74, 6) is 0.244. The van der Waals surface area contributed by atoms with Crippen LogP contribution in [0.1, 0.15) is 12.0 Å². The van der Waals surface area contributed by atoms with Crippen molar-refractivity contribution in [1.29, 1.82) is 0 Å². The highest BCUT2D eigenvalue weighted by Crippen LogP contribution is 2.32. The van der Waals surface area contributed by atoms with Crippen LogP contribution in [0.3, 0.4) is 0 Å². The Balaban J connectivity index is 2.11. The average molecular weight is 372 g/mol. The minimum Gasteiger partial charge on any atom is -0.493 e. The van der Waals surface area contributed by atoms with Crippen molar-refractivity contribution in [1.82, 2.24) is 0 Å². The fourth-order valence-corrected chi connectivity index (χ4v) is 2.60. The number of rotatable bonds is 7. The number of hydrogen-bond acceptors (Lipinski definition) is 9. The number of aryl methyl sites for hydroxylation is 1. The molecule has 9 heteroatoms. The second kappa shape index (κ2) is 9.15. The summed E-state index contributed by atoms with van der Waals surface area (Å²) in [6.07, 6.45) is -6.22. The summed E-state index contributed by atoms with van der Waals surface area (Å²) in [6, 6.07) is 4.96. The summed E-state index contributed by atoms with van der Waals surface area (Å²) in [6.45, 7) is -0.547. The third-order valence-electron chi connectivity index (χ3n) is 4.17. The third kappa shape index (κ3) is 4.63. The molecule has 0 aliphatic carbocycles. The topological polar surface area (TPSA) is 135 Å². The average Bonchev–Trinajstić information content (AvgIpc) is 2.66. The van der Waals surface area contributed by atoms with E-state index in [0.29, 0.717) is 12.2 Å². The van der Waals surface area contributed by atoms with Gasteiger partial charge in [-0.15, -0.1) is 0 Å². The van der Waals surface area contributed by atoms with Crippen LogP contribution in [0.15, 0.2) is 18.2 Å². The zero-order chi connectivity index (χ0) is 19.3. The number of hydrogen-bond donors (Lipinski definition) is 4. The van der Waals surface area contributed by atoms with Crippen LogP contribution in [0.25, 0.3) is 0 Å². The highest BCUT2D eigenvalue weighted by Gasteiger charge is 2.44. The Labute approximate surface area is 150 Å². The van der Waals surface area contributed by atoms with E-state index in [4.69, 9.17) is 14.2 Å². The minimum absolute atomic E-state index is 0.215. The van der Waals surface area contributed by atoms with Gasteiger partial charge < -0.3 is 39.4 Å². The predicted molar refractivity (Wildman–Crippen MR) is 87.7 cm³/mol. The maximum Gasteiger partial charge on any atom is 0.305 e. The second-order valence-corrected chi connectivity index (χ2v) is 5.88. The summed E-state index contributed by atoms with van der Waals surface area (Å²) < 4.78 is 20.7. The number of aliphatic hydroxyl groups is 4. The SMILES string of the molecule is COC(=O)CCc1ccc(OC2OC(CO)C(O)C(O)C2O)c(OC)c1. The smallest absolute Gasteiger partial charge is 0.305 e. The summed E-state index contributed by atoms with van der Waals surface area (Å²) in [4.78, 5) is 11.2. The quantitative estimate of drug-likeness (QED) is 0.444. The molecule has 4 N–H and O–H groups in total. The van der Waals surface area contributed by atoms with Crippen molar-refractivity contribution in [2.75, 3.05) is 20.8 Å². The first-order chi connectivity index (χ1) is 12.4. The molecule has 5 atom stereocenters. The summed E-state index contributed by atoms with van der Waals surface area (Å²) in [5, 5.41) is 38.9. The molecule has 0 aromatic heterocycles. The molecule has 26 heavy (non-hydrogen) atoms. The number of aliphatic hydroxyl groups excluding tert-OH is 4. The van der Waals surface area contributed by atoms with Crippen LogP contribution >= 0.6 is 0 Å². The highest BCUT2D eigenvalue weighted by atomic mass is 16.7. The molecule has 146 valence electrons.